The van der Waals surface area contributed by atoms with Crippen LogP contribution in [-0.4, -0.2) is 9.55 Å². The third kappa shape index (κ3) is 3.45. The van der Waals surface area contributed by atoms with E-state index in [2.05, 4.69) is 18.8 Å². The van der Waals surface area contributed by atoms with Gasteiger partial charge in [0.05, 0.1) is 0 Å². The Morgan fingerprint density at radius 3 is 2.60 bits per heavy atom. The van der Waals surface area contributed by atoms with E-state index in [4.69, 9.17) is 10.5 Å². The lowest BCUT2D eigenvalue weighted by Gasteiger charge is -2.10. The van der Waals surface area contributed by atoms with Gasteiger partial charge in [-0.2, -0.15) is 0 Å². The van der Waals surface area contributed by atoms with Crippen molar-refractivity contribution in [3.05, 3.63) is 52.6 Å². The number of hydrogen-bond acceptors (Lipinski definition) is 4. The van der Waals surface area contributed by atoms with Gasteiger partial charge in [-0.3, -0.25) is 4.79 Å². The molecule has 0 bridgehead atoms. The molecule has 5 heteroatoms. The molecule has 20 heavy (non-hydrogen) atoms. The molecule has 5 nitrogen and oxygen atoms in total. The van der Waals surface area contributed by atoms with Crippen LogP contribution < -0.4 is 16.0 Å². The lowest BCUT2D eigenvalue weighted by Crippen LogP contribution is -2.23. The second-order valence-electron chi connectivity index (χ2n) is 5.03. The molecule has 0 aliphatic carbocycles. The molecular formula is C15H19N3O2. The molecule has 0 saturated carbocycles. The first-order chi connectivity index (χ1) is 9.60. The summed E-state index contributed by atoms with van der Waals surface area (Å²) >= 11 is 0. The number of hydrogen-bond donors (Lipinski definition) is 1. The Kier molecular flexibility index (Phi) is 4.53. The number of rotatable bonds is 5. The molecule has 1 heterocycles. The zero-order valence-corrected chi connectivity index (χ0v) is 11.7. The molecule has 0 atom stereocenters. The lowest BCUT2D eigenvalue weighted by atomic mass is 10.2. The monoisotopic (exact) mass is 273 g/mol. The molecule has 0 unspecified atom stereocenters. The minimum absolute atomic E-state index is 0.0913. The van der Waals surface area contributed by atoms with Crippen LogP contribution >= 0.6 is 0 Å². The first-order valence-electron chi connectivity index (χ1n) is 6.62. The quantitative estimate of drug-likeness (QED) is 0.906. The molecule has 0 aliphatic heterocycles. The van der Waals surface area contributed by atoms with Gasteiger partial charge in [-0.05, 0) is 23.6 Å². The molecule has 0 spiro atoms. The molecule has 1 aromatic heterocycles. The van der Waals surface area contributed by atoms with E-state index in [1.807, 2.05) is 12.1 Å². The standard InChI is InChI=1S/C15H19N3O2/c1-11(2)10-18-8-7-17-14(15(18)19)20-13-5-3-12(9-16)4-6-13/h3-8,11H,9-10,16H2,1-2H3. The van der Waals surface area contributed by atoms with Gasteiger partial charge >= 0.3 is 5.56 Å². The average molecular weight is 273 g/mol. The molecule has 0 saturated heterocycles. The molecule has 0 fully saturated rings. The first kappa shape index (κ1) is 14.3. The van der Waals surface area contributed by atoms with Crippen LogP contribution in [0.5, 0.6) is 11.6 Å². The highest BCUT2D eigenvalue weighted by molar-refractivity contribution is 5.29. The number of ether oxygens (including phenoxy) is 1. The van der Waals surface area contributed by atoms with Crippen molar-refractivity contribution >= 4 is 0 Å². The Balaban J connectivity index is 2.22. The molecule has 1 aromatic carbocycles. The Labute approximate surface area is 118 Å². The van der Waals surface area contributed by atoms with Gasteiger partial charge in [0.25, 0.3) is 5.88 Å². The maximum Gasteiger partial charge on any atom is 0.313 e. The Bertz CT molecular complexity index is 618. The van der Waals surface area contributed by atoms with E-state index < -0.39 is 0 Å². The normalized spacial score (nSPS) is 10.8. The first-order valence-corrected chi connectivity index (χ1v) is 6.62. The predicted octanol–water partition coefficient (Wildman–Crippen LogP) is 2.15. The van der Waals surface area contributed by atoms with Crippen LogP contribution in [0.25, 0.3) is 0 Å². The van der Waals surface area contributed by atoms with Gasteiger partial charge in [0.15, 0.2) is 0 Å². The smallest absolute Gasteiger partial charge is 0.313 e. The molecule has 0 aliphatic rings. The van der Waals surface area contributed by atoms with Crippen LogP contribution in [0, 0.1) is 5.92 Å². The van der Waals surface area contributed by atoms with E-state index in [9.17, 15) is 4.79 Å². The van der Waals surface area contributed by atoms with E-state index >= 15 is 0 Å². The largest absolute Gasteiger partial charge is 0.435 e. The topological polar surface area (TPSA) is 70.1 Å². The zero-order valence-electron chi connectivity index (χ0n) is 11.7. The van der Waals surface area contributed by atoms with Crippen molar-refractivity contribution in [3.8, 4) is 11.6 Å². The molecular weight excluding hydrogens is 254 g/mol. The summed E-state index contributed by atoms with van der Waals surface area (Å²) in [7, 11) is 0. The van der Waals surface area contributed by atoms with Gasteiger partial charge in [0.1, 0.15) is 5.75 Å². The Hall–Kier alpha value is -2.14. The van der Waals surface area contributed by atoms with Gasteiger partial charge in [0.2, 0.25) is 0 Å². The molecule has 2 aromatic rings. The second-order valence-corrected chi connectivity index (χ2v) is 5.03. The molecule has 0 amide bonds. The van der Waals surface area contributed by atoms with Gasteiger partial charge in [-0.15, -0.1) is 0 Å². The lowest BCUT2D eigenvalue weighted by molar-refractivity contribution is 0.432. The van der Waals surface area contributed by atoms with Gasteiger partial charge in [-0.1, -0.05) is 26.0 Å². The number of nitrogens with zero attached hydrogens (tertiary/aromatic N) is 2. The van der Waals surface area contributed by atoms with Crippen molar-refractivity contribution in [2.24, 2.45) is 11.7 Å². The van der Waals surface area contributed by atoms with Crippen LogP contribution in [-0.2, 0) is 13.1 Å². The fourth-order valence-corrected chi connectivity index (χ4v) is 1.84. The third-order valence-electron chi connectivity index (χ3n) is 2.82. The van der Waals surface area contributed by atoms with E-state index in [0.29, 0.717) is 24.8 Å². The van der Waals surface area contributed by atoms with E-state index in [1.165, 1.54) is 0 Å². The fourth-order valence-electron chi connectivity index (χ4n) is 1.84. The highest BCUT2D eigenvalue weighted by Crippen LogP contribution is 2.16. The highest BCUT2D eigenvalue weighted by atomic mass is 16.5. The fraction of sp³-hybridized carbons (Fsp3) is 0.333. The molecule has 2 N–H and O–H groups in total. The van der Waals surface area contributed by atoms with Crippen molar-refractivity contribution < 1.29 is 4.74 Å². The van der Waals surface area contributed by atoms with Crippen molar-refractivity contribution in [1.82, 2.24) is 9.55 Å². The minimum atomic E-state index is -0.218. The maximum atomic E-state index is 12.2. The van der Waals surface area contributed by atoms with Crippen LogP contribution in [0.4, 0.5) is 0 Å². The summed E-state index contributed by atoms with van der Waals surface area (Å²) in [5.41, 5.74) is 6.33. The zero-order chi connectivity index (χ0) is 14.5. The van der Waals surface area contributed by atoms with E-state index in [-0.39, 0.29) is 11.4 Å². The summed E-state index contributed by atoms with van der Waals surface area (Å²) in [6.07, 6.45) is 3.25. The Morgan fingerprint density at radius 2 is 2.00 bits per heavy atom. The summed E-state index contributed by atoms with van der Waals surface area (Å²) in [6, 6.07) is 7.29. The van der Waals surface area contributed by atoms with Crippen molar-refractivity contribution in [3.63, 3.8) is 0 Å². The summed E-state index contributed by atoms with van der Waals surface area (Å²) < 4.78 is 7.16. The Morgan fingerprint density at radius 1 is 1.30 bits per heavy atom. The van der Waals surface area contributed by atoms with E-state index in [0.717, 1.165) is 5.56 Å². The van der Waals surface area contributed by atoms with Crippen molar-refractivity contribution in [1.29, 1.82) is 0 Å². The second kappa shape index (κ2) is 6.34. The molecule has 0 radical (unpaired) electrons. The summed E-state index contributed by atoms with van der Waals surface area (Å²) in [4.78, 5) is 16.2. The molecule has 106 valence electrons. The van der Waals surface area contributed by atoms with Crippen LogP contribution in [0.3, 0.4) is 0 Å². The number of nitrogens with two attached hydrogens (primary N) is 1. The van der Waals surface area contributed by atoms with E-state index in [1.54, 1.807) is 29.1 Å². The SMILES string of the molecule is CC(C)Cn1ccnc(Oc2ccc(CN)cc2)c1=O. The number of aromatic nitrogens is 2. The summed E-state index contributed by atoms with van der Waals surface area (Å²) in [5.74, 6) is 1.05. The summed E-state index contributed by atoms with van der Waals surface area (Å²) in [5, 5.41) is 0. The molecule has 2 rings (SSSR count). The predicted molar refractivity (Wildman–Crippen MR) is 77.7 cm³/mol. The van der Waals surface area contributed by atoms with Gasteiger partial charge in [-0.25, -0.2) is 4.98 Å². The third-order valence-corrected chi connectivity index (χ3v) is 2.82. The maximum absolute atomic E-state index is 12.2. The highest BCUT2D eigenvalue weighted by Gasteiger charge is 2.08. The summed E-state index contributed by atoms with van der Waals surface area (Å²) in [6.45, 7) is 5.23. The number of benzene rings is 1. The van der Waals surface area contributed by atoms with Crippen molar-refractivity contribution in [2.45, 2.75) is 26.9 Å². The van der Waals surface area contributed by atoms with Crippen LogP contribution in [0.15, 0.2) is 41.5 Å². The van der Waals surface area contributed by atoms with Crippen molar-refractivity contribution in [2.75, 3.05) is 0 Å². The minimum Gasteiger partial charge on any atom is -0.435 e. The average Bonchev–Trinajstić information content (AvgIpc) is 2.43. The van der Waals surface area contributed by atoms with Gasteiger partial charge < -0.3 is 15.0 Å². The van der Waals surface area contributed by atoms with Gasteiger partial charge in [0, 0.05) is 25.5 Å². The van der Waals surface area contributed by atoms with Crippen LogP contribution in [0.2, 0.25) is 0 Å². The van der Waals surface area contributed by atoms with Crippen LogP contribution in [0.1, 0.15) is 19.4 Å².